The molecule has 0 aliphatic carbocycles. The highest BCUT2D eigenvalue weighted by Gasteiger charge is 2.35. The summed E-state index contributed by atoms with van der Waals surface area (Å²) in [4.78, 5) is 40.6. The Morgan fingerprint density at radius 3 is 2.29 bits per heavy atom. The molecule has 2 fully saturated rings. The molecule has 0 bridgehead atoms. The van der Waals surface area contributed by atoms with E-state index in [-0.39, 0.29) is 30.6 Å². The van der Waals surface area contributed by atoms with E-state index in [1.807, 2.05) is 56.0 Å². The van der Waals surface area contributed by atoms with Crippen LogP contribution in [0.25, 0.3) is 0 Å². The van der Waals surface area contributed by atoms with Gasteiger partial charge in [0.1, 0.15) is 12.2 Å². The Kier molecular flexibility index (Phi) is 7.41. The van der Waals surface area contributed by atoms with Crippen molar-refractivity contribution >= 4 is 18.1 Å². The van der Waals surface area contributed by atoms with Crippen molar-refractivity contribution in [1.29, 1.82) is 0 Å². The molecule has 2 aliphatic rings. The van der Waals surface area contributed by atoms with Crippen LogP contribution in [-0.2, 0) is 20.9 Å². The van der Waals surface area contributed by atoms with E-state index in [1.54, 1.807) is 4.90 Å². The second kappa shape index (κ2) is 10.0. The molecule has 8 nitrogen and oxygen atoms in total. The number of piperidine rings is 1. The maximum atomic E-state index is 12.9. The van der Waals surface area contributed by atoms with Crippen LogP contribution in [0.1, 0.15) is 45.6 Å². The van der Waals surface area contributed by atoms with E-state index < -0.39 is 11.7 Å². The fourth-order valence-corrected chi connectivity index (χ4v) is 3.93. The van der Waals surface area contributed by atoms with E-state index >= 15 is 0 Å². The van der Waals surface area contributed by atoms with Gasteiger partial charge in [-0.3, -0.25) is 4.79 Å². The Hall–Kier alpha value is -2.77. The molecule has 0 spiro atoms. The molecule has 1 atom stereocenters. The minimum atomic E-state index is -0.547. The van der Waals surface area contributed by atoms with E-state index in [4.69, 9.17) is 9.47 Å². The van der Waals surface area contributed by atoms with Gasteiger partial charge in [0, 0.05) is 32.1 Å². The molecule has 2 saturated heterocycles. The number of rotatable bonds is 4. The van der Waals surface area contributed by atoms with Gasteiger partial charge in [0.25, 0.3) is 0 Å². The number of alkyl carbamates (subject to hydrolysis) is 1. The summed E-state index contributed by atoms with van der Waals surface area (Å²) in [6.45, 7) is 7.85. The molecule has 2 heterocycles. The molecule has 31 heavy (non-hydrogen) atoms. The van der Waals surface area contributed by atoms with Crippen molar-refractivity contribution < 1.29 is 23.9 Å². The number of hydrogen-bond acceptors (Lipinski definition) is 5. The predicted molar refractivity (Wildman–Crippen MR) is 115 cm³/mol. The van der Waals surface area contributed by atoms with Gasteiger partial charge in [-0.05, 0) is 45.6 Å². The first kappa shape index (κ1) is 22.9. The van der Waals surface area contributed by atoms with Gasteiger partial charge in [-0.15, -0.1) is 0 Å². The zero-order valence-corrected chi connectivity index (χ0v) is 18.6. The van der Waals surface area contributed by atoms with Crippen molar-refractivity contribution in [2.45, 2.75) is 58.3 Å². The lowest BCUT2D eigenvalue weighted by atomic mass is 9.95. The van der Waals surface area contributed by atoms with E-state index in [0.29, 0.717) is 39.0 Å². The van der Waals surface area contributed by atoms with Crippen LogP contribution in [0.4, 0.5) is 9.59 Å². The molecule has 0 unspecified atom stereocenters. The highest BCUT2D eigenvalue weighted by Crippen LogP contribution is 2.23. The lowest BCUT2D eigenvalue weighted by Gasteiger charge is -2.32. The molecule has 2 aliphatic heterocycles. The first-order chi connectivity index (χ1) is 14.7. The smallest absolute Gasteiger partial charge is 0.410 e. The summed E-state index contributed by atoms with van der Waals surface area (Å²) < 4.78 is 10.7. The highest BCUT2D eigenvalue weighted by molar-refractivity contribution is 5.80. The monoisotopic (exact) mass is 431 g/mol. The third-order valence-corrected chi connectivity index (χ3v) is 5.53. The van der Waals surface area contributed by atoms with Gasteiger partial charge < -0.3 is 24.6 Å². The van der Waals surface area contributed by atoms with Crippen LogP contribution in [0.2, 0.25) is 0 Å². The molecule has 1 aromatic rings. The highest BCUT2D eigenvalue weighted by atomic mass is 16.6. The Morgan fingerprint density at radius 2 is 1.65 bits per heavy atom. The molecule has 3 amide bonds. The Balaban J connectivity index is 1.39. The number of amides is 3. The Morgan fingerprint density at radius 1 is 1.00 bits per heavy atom. The fraction of sp³-hybridized carbons (Fsp3) is 0.609. The number of carbonyl (C=O) groups is 3. The van der Waals surface area contributed by atoms with Crippen molar-refractivity contribution in [3.63, 3.8) is 0 Å². The molecule has 1 N–H and O–H groups in total. The van der Waals surface area contributed by atoms with Gasteiger partial charge in [-0.2, -0.15) is 0 Å². The summed E-state index contributed by atoms with van der Waals surface area (Å²) in [7, 11) is 0. The average Bonchev–Trinajstić information content (AvgIpc) is 3.19. The van der Waals surface area contributed by atoms with Crippen LogP contribution in [0, 0.1) is 5.92 Å². The number of nitrogens with one attached hydrogen (secondary N) is 1. The number of ether oxygens (including phenoxy) is 2. The maximum Gasteiger partial charge on any atom is 0.410 e. The summed E-state index contributed by atoms with van der Waals surface area (Å²) in [5.74, 6) is 0.00393. The van der Waals surface area contributed by atoms with Gasteiger partial charge in [0.05, 0.1) is 6.04 Å². The van der Waals surface area contributed by atoms with Crippen LogP contribution in [0.5, 0.6) is 0 Å². The average molecular weight is 432 g/mol. The van der Waals surface area contributed by atoms with E-state index in [2.05, 4.69) is 5.32 Å². The van der Waals surface area contributed by atoms with Gasteiger partial charge in [0.2, 0.25) is 5.91 Å². The van der Waals surface area contributed by atoms with Crippen molar-refractivity contribution in [3.8, 4) is 0 Å². The molecular weight excluding hydrogens is 398 g/mol. The molecule has 3 rings (SSSR count). The van der Waals surface area contributed by atoms with Crippen LogP contribution < -0.4 is 5.32 Å². The molecule has 170 valence electrons. The Bertz CT molecular complexity index is 769. The SMILES string of the molecule is CC(C)(C)OC(=O)N[C@@H]1CCN(C(=O)C2CCN(C(=O)OCc3ccccc3)CC2)C1. The number of likely N-dealkylation sites (tertiary alicyclic amines) is 2. The number of hydrogen-bond donors (Lipinski definition) is 1. The van der Waals surface area contributed by atoms with Crippen LogP contribution in [-0.4, -0.2) is 65.7 Å². The molecule has 8 heteroatoms. The van der Waals surface area contributed by atoms with E-state index in [1.165, 1.54) is 0 Å². The topological polar surface area (TPSA) is 88.2 Å². The molecule has 0 saturated carbocycles. The normalized spacial score (nSPS) is 19.8. The van der Waals surface area contributed by atoms with Crippen molar-refractivity contribution in [2.24, 2.45) is 5.92 Å². The third-order valence-electron chi connectivity index (χ3n) is 5.53. The largest absolute Gasteiger partial charge is 0.445 e. The van der Waals surface area contributed by atoms with Gasteiger partial charge >= 0.3 is 12.2 Å². The number of benzene rings is 1. The summed E-state index contributed by atoms with van der Waals surface area (Å²) in [6.07, 6.45) is 1.18. The first-order valence-corrected chi connectivity index (χ1v) is 11.0. The second-order valence-corrected chi connectivity index (χ2v) is 9.22. The van der Waals surface area contributed by atoms with Crippen LogP contribution in [0.3, 0.4) is 0 Å². The molecule has 1 aromatic carbocycles. The number of nitrogens with zero attached hydrogens (tertiary/aromatic N) is 2. The minimum Gasteiger partial charge on any atom is -0.445 e. The minimum absolute atomic E-state index is 0.0909. The van der Waals surface area contributed by atoms with Crippen LogP contribution in [0.15, 0.2) is 30.3 Å². The van der Waals surface area contributed by atoms with Crippen molar-refractivity contribution in [3.05, 3.63) is 35.9 Å². The lowest BCUT2D eigenvalue weighted by Crippen LogP contribution is -2.45. The molecule has 0 aromatic heterocycles. The van der Waals surface area contributed by atoms with E-state index in [9.17, 15) is 14.4 Å². The summed E-state index contributed by atoms with van der Waals surface area (Å²) >= 11 is 0. The summed E-state index contributed by atoms with van der Waals surface area (Å²) in [6, 6.07) is 9.48. The lowest BCUT2D eigenvalue weighted by molar-refractivity contribution is -0.136. The quantitative estimate of drug-likeness (QED) is 0.791. The zero-order chi connectivity index (χ0) is 22.4. The number of carbonyl (C=O) groups excluding carboxylic acids is 3. The summed E-state index contributed by atoms with van der Waals surface area (Å²) in [5.41, 5.74) is 0.401. The van der Waals surface area contributed by atoms with Crippen molar-refractivity contribution in [2.75, 3.05) is 26.2 Å². The fourth-order valence-electron chi connectivity index (χ4n) is 3.93. The third kappa shape index (κ3) is 6.87. The molecule has 0 radical (unpaired) electrons. The maximum absolute atomic E-state index is 12.9. The van der Waals surface area contributed by atoms with Crippen LogP contribution >= 0.6 is 0 Å². The second-order valence-electron chi connectivity index (χ2n) is 9.22. The van der Waals surface area contributed by atoms with Gasteiger partial charge in [-0.1, -0.05) is 30.3 Å². The van der Waals surface area contributed by atoms with Gasteiger partial charge in [-0.25, -0.2) is 9.59 Å². The molecular formula is C23H33N3O5. The zero-order valence-electron chi connectivity index (χ0n) is 18.6. The van der Waals surface area contributed by atoms with Gasteiger partial charge in [0.15, 0.2) is 0 Å². The van der Waals surface area contributed by atoms with E-state index in [0.717, 1.165) is 12.0 Å². The van der Waals surface area contributed by atoms with Crippen molar-refractivity contribution in [1.82, 2.24) is 15.1 Å². The first-order valence-electron chi connectivity index (χ1n) is 11.0. The summed E-state index contributed by atoms with van der Waals surface area (Å²) in [5, 5.41) is 2.85. The Labute approximate surface area is 183 Å². The standard InChI is InChI=1S/C23H33N3O5/c1-23(2,3)31-21(28)24-19-11-14-26(15-19)20(27)18-9-12-25(13-10-18)22(29)30-16-17-7-5-4-6-8-17/h4-8,18-19H,9-16H2,1-3H3,(H,24,28)/t19-/m1/s1. The predicted octanol–water partition coefficient (Wildman–Crippen LogP) is 3.16.